The maximum absolute atomic E-state index is 12.6. The molecule has 27 heavy (non-hydrogen) atoms. The van der Waals surface area contributed by atoms with E-state index in [0.717, 1.165) is 12.1 Å². The van der Waals surface area contributed by atoms with Crippen molar-refractivity contribution < 1.29 is 14.3 Å². The smallest absolute Gasteiger partial charge is 0.250 e. The number of fused-ring (bicyclic) bond motifs is 1. The Morgan fingerprint density at radius 1 is 1.33 bits per heavy atom. The molecule has 2 aliphatic heterocycles. The number of carbonyl (C=O) groups is 2. The van der Waals surface area contributed by atoms with Gasteiger partial charge in [-0.15, -0.1) is 12.4 Å². The largest absolute Gasteiger partial charge is 0.381 e. The zero-order valence-corrected chi connectivity index (χ0v) is 16.5. The number of nitrogens with one attached hydrogen (secondary N) is 1. The third kappa shape index (κ3) is 4.89. The van der Waals surface area contributed by atoms with Crippen molar-refractivity contribution in [3.05, 3.63) is 42.0 Å². The van der Waals surface area contributed by atoms with Crippen LogP contribution < -0.4 is 16.0 Å². The number of hydrogen-bond donors (Lipinski definition) is 2. The molecule has 0 aliphatic carbocycles. The molecule has 0 saturated carbocycles. The summed E-state index contributed by atoms with van der Waals surface area (Å²) < 4.78 is 5.29. The quantitative estimate of drug-likeness (QED) is 0.749. The van der Waals surface area contributed by atoms with E-state index in [1.807, 2.05) is 25.1 Å². The van der Waals surface area contributed by atoms with Crippen LogP contribution in [0.15, 0.2) is 36.4 Å². The molecule has 6 nitrogen and oxygen atoms in total. The van der Waals surface area contributed by atoms with Gasteiger partial charge >= 0.3 is 0 Å². The minimum atomic E-state index is -0.878. The van der Waals surface area contributed by atoms with Gasteiger partial charge in [-0.1, -0.05) is 31.2 Å². The first-order valence-electron chi connectivity index (χ1n) is 9.29. The lowest BCUT2D eigenvalue weighted by molar-refractivity contribution is -0.130. The number of ether oxygens (including phenoxy) is 1. The van der Waals surface area contributed by atoms with Crippen LogP contribution in [0.4, 0.5) is 5.69 Å². The summed E-state index contributed by atoms with van der Waals surface area (Å²) in [5, 5.41) is 2.96. The van der Waals surface area contributed by atoms with Gasteiger partial charge in [0.15, 0.2) is 0 Å². The van der Waals surface area contributed by atoms with Gasteiger partial charge in [-0.05, 0) is 37.3 Å². The number of halogens is 1. The normalized spacial score (nSPS) is 19.3. The van der Waals surface area contributed by atoms with E-state index in [1.54, 1.807) is 17.1 Å². The van der Waals surface area contributed by atoms with Crippen molar-refractivity contribution >= 4 is 29.9 Å². The van der Waals surface area contributed by atoms with E-state index < -0.39 is 5.54 Å². The molecule has 3 N–H and O–H groups in total. The highest BCUT2D eigenvalue weighted by Crippen LogP contribution is 2.27. The topological polar surface area (TPSA) is 84.7 Å². The number of amides is 2. The third-order valence-electron chi connectivity index (χ3n) is 5.22. The lowest BCUT2D eigenvalue weighted by Crippen LogP contribution is -2.58. The highest BCUT2D eigenvalue weighted by atomic mass is 35.5. The van der Waals surface area contributed by atoms with Crippen molar-refractivity contribution in [2.75, 3.05) is 24.7 Å². The summed E-state index contributed by atoms with van der Waals surface area (Å²) in [6, 6.07) is 7.74. The monoisotopic (exact) mass is 393 g/mol. The molecule has 148 valence electrons. The van der Waals surface area contributed by atoms with E-state index in [1.165, 1.54) is 5.56 Å². The molecule has 0 bridgehead atoms. The summed E-state index contributed by atoms with van der Waals surface area (Å²) in [6.45, 7) is 3.67. The Labute approximate surface area is 166 Å². The number of rotatable bonds is 5. The summed E-state index contributed by atoms with van der Waals surface area (Å²) in [7, 11) is 0. The number of carbonyl (C=O) groups excluding carboxylic acids is 2. The van der Waals surface area contributed by atoms with Gasteiger partial charge < -0.3 is 20.7 Å². The first kappa shape index (κ1) is 21.4. The van der Waals surface area contributed by atoms with E-state index in [2.05, 4.69) is 11.4 Å². The van der Waals surface area contributed by atoms with Crippen LogP contribution in [0.5, 0.6) is 0 Å². The lowest BCUT2D eigenvalue weighted by Gasteiger charge is -2.33. The molecule has 1 aromatic carbocycles. The fraction of sp³-hybridized carbons (Fsp3) is 0.500. The Kier molecular flexibility index (Phi) is 7.41. The van der Waals surface area contributed by atoms with Crippen LogP contribution in [0, 0.1) is 0 Å². The fourth-order valence-electron chi connectivity index (χ4n) is 3.42. The van der Waals surface area contributed by atoms with Gasteiger partial charge in [0.05, 0.1) is 5.54 Å². The molecule has 7 heteroatoms. The second-order valence-corrected chi connectivity index (χ2v) is 6.98. The number of anilines is 1. The van der Waals surface area contributed by atoms with E-state index in [0.29, 0.717) is 39.0 Å². The minimum absolute atomic E-state index is 0. The molecule has 2 amide bonds. The predicted molar refractivity (Wildman–Crippen MR) is 108 cm³/mol. The summed E-state index contributed by atoms with van der Waals surface area (Å²) in [5.74, 6) is -0.229. The maximum atomic E-state index is 12.6. The summed E-state index contributed by atoms with van der Waals surface area (Å²) >= 11 is 0. The molecule has 0 unspecified atom stereocenters. The van der Waals surface area contributed by atoms with Crippen LogP contribution in [0.3, 0.4) is 0 Å². The molecule has 1 atom stereocenters. The maximum Gasteiger partial charge on any atom is 0.250 e. The first-order chi connectivity index (χ1) is 12.5. The predicted octanol–water partition coefficient (Wildman–Crippen LogP) is 1.96. The van der Waals surface area contributed by atoms with E-state index in [4.69, 9.17) is 10.5 Å². The molecule has 0 aromatic heterocycles. The Balaban J connectivity index is 0.00000261. The second kappa shape index (κ2) is 9.35. The lowest BCUT2D eigenvalue weighted by atomic mass is 9.90. The standard InChI is InChI=1S/C20H27N3O3.ClH/c1-2-16(22-19(25)20(21)10-13-26-14-11-20)7-8-18(24)23-12-9-15-5-3-4-6-17(15)23;/h3-8,16H,2,9-14,21H2,1H3,(H,22,25);1H/t16-;/m0./s1. The highest BCUT2D eigenvalue weighted by molar-refractivity contribution is 6.03. The SMILES string of the molecule is CC[C@@H](C=CC(=O)N1CCc2ccccc21)NC(=O)C1(N)CCOCC1.Cl. The molecule has 3 rings (SSSR count). The average Bonchev–Trinajstić information content (AvgIpc) is 3.09. The van der Waals surface area contributed by atoms with Crippen LogP contribution in [0.25, 0.3) is 0 Å². The number of nitrogens with zero attached hydrogens (tertiary/aromatic N) is 1. The van der Waals surface area contributed by atoms with Crippen molar-refractivity contribution in [1.29, 1.82) is 0 Å². The van der Waals surface area contributed by atoms with Gasteiger partial charge in [0, 0.05) is 37.6 Å². The summed E-state index contributed by atoms with van der Waals surface area (Å²) in [4.78, 5) is 26.9. The van der Waals surface area contributed by atoms with Crippen molar-refractivity contribution in [3.63, 3.8) is 0 Å². The van der Waals surface area contributed by atoms with Crippen molar-refractivity contribution in [2.45, 2.75) is 44.2 Å². The number of nitrogens with two attached hydrogens (primary N) is 1. The van der Waals surface area contributed by atoms with Crippen molar-refractivity contribution in [3.8, 4) is 0 Å². The Hall–Kier alpha value is -1.89. The minimum Gasteiger partial charge on any atom is -0.381 e. The number of hydrogen-bond acceptors (Lipinski definition) is 4. The van der Waals surface area contributed by atoms with Crippen molar-refractivity contribution in [2.24, 2.45) is 5.73 Å². The van der Waals surface area contributed by atoms with Gasteiger partial charge in [0.2, 0.25) is 5.91 Å². The van der Waals surface area contributed by atoms with Gasteiger partial charge in [0.1, 0.15) is 0 Å². The Morgan fingerprint density at radius 3 is 2.74 bits per heavy atom. The fourth-order valence-corrected chi connectivity index (χ4v) is 3.42. The molecule has 2 aliphatic rings. The van der Waals surface area contributed by atoms with Crippen LogP contribution in [0.1, 0.15) is 31.7 Å². The number of para-hydroxylation sites is 1. The van der Waals surface area contributed by atoms with Crippen LogP contribution in [-0.2, 0) is 20.7 Å². The molecule has 1 fully saturated rings. The molecular weight excluding hydrogens is 366 g/mol. The summed E-state index contributed by atoms with van der Waals surface area (Å²) in [6.07, 6.45) is 5.93. The Bertz CT molecular complexity index is 701. The molecule has 1 saturated heterocycles. The molecule has 1 aromatic rings. The number of benzene rings is 1. The molecule has 0 radical (unpaired) electrons. The zero-order valence-electron chi connectivity index (χ0n) is 15.6. The average molecular weight is 394 g/mol. The molecule has 2 heterocycles. The van der Waals surface area contributed by atoms with Gasteiger partial charge in [-0.3, -0.25) is 9.59 Å². The third-order valence-corrected chi connectivity index (χ3v) is 5.22. The van der Waals surface area contributed by atoms with E-state index in [-0.39, 0.29) is 30.3 Å². The van der Waals surface area contributed by atoms with Gasteiger partial charge in [-0.25, -0.2) is 0 Å². The van der Waals surface area contributed by atoms with Crippen molar-refractivity contribution in [1.82, 2.24) is 5.32 Å². The Morgan fingerprint density at radius 2 is 2.04 bits per heavy atom. The van der Waals surface area contributed by atoms with E-state index >= 15 is 0 Å². The summed E-state index contributed by atoms with van der Waals surface area (Å²) in [5.41, 5.74) is 7.51. The molecular formula is C20H28ClN3O3. The van der Waals surface area contributed by atoms with Gasteiger partial charge in [0.25, 0.3) is 5.91 Å². The second-order valence-electron chi connectivity index (χ2n) is 6.98. The zero-order chi connectivity index (χ0) is 18.6. The first-order valence-corrected chi connectivity index (χ1v) is 9.29. The highest BCUT2D eigenvalue weighted by Gasteiger charge is 2.36. The van der Waals surface area contributed by atoms with E-state index in [9.17, 15) is 9.59 Å². The molecule has 0 spiro atoms. The van der Waals surface area contributed by atoms with Gasteiger partial charge in [-0.2, -0.15) is 0 Å². The van der Waals surface area contributed by atoms with Crippen LogP contribution in [0.2, 0.25) is 0 Å². The van der Waals surface area contributed by atoms with Crippen LogP contribution >= 0.6 is 12.4 Å². The van der Waals surface area contributed by atoms with Crippen LogP contribution in [-0.4, -0.2) is 43.2 Å².